The number of hydrogen-bond donors (Lipinski definition) is 0. The summed E-state index contributed by atoms with van der Waals surface area (Å²) in [5.41, 5.74) is 2.22. The van der Waals surface area contributed by atoms with Crippen LogP contribution in [0.3, 0.4) is 0 Å². The summed E-state index contributed by atoms with van der Waals surface area (Å²) in [6, 6.07) is 7.02. The Morgan fingerprint density at radius 1 is 1.40 bits per heavy atom. The second-order valence-electron chi connectivity index (χ2n) is 3.53. The lowest BCUT2D eigenvalue weighted by Crippen LogP contribution is -1.96. The molecule has 2 rings (SSSR count). The third kappa shape index (κ3) is 1.48. The quantitative estimate of drug-likeness (QED) is 0.557. The zero-order chi connectivity index (χ0) is 11.0. The fourth-order valence-electron chi connectivity index (χ4n) is 1.91. The molecule has 0 radical (unpaired) electrons. The van der Waals surface area contributed by atoms with Crippen LogP contribution in [0, 0.1) is 17.0 Å². The molecule has 0 aliphatic rings. The molecule has 2 aromatic rings. The molecule has 0 saturated heterocycles. The third-order valence-electron chi connectivity index (χ3n) is 2.62. The first-order valence-corrected chi connectivity index (χ1v) is 4.87. The Kier molecular flexibility index (Phi) is 2.19. The van der Waals surface area contributed by atoms with Gasteiger partial charge in [-0.15, -0.1) is 0 Å². The van der Waals surface area contributed by atoms with Crippen molar-refractivity contribution in [1.29, 1.82) is 0 Å². The zero-order valence-electron chi connectivity index (χ0n) is 8.73. The van der Waals surface area contributed by atoms with Crippen LogP contribution in [0.5, 0.6) is 0 Å². The highest BCUT2D eigenvalue weighted by Gasteiger charge is 2.10. The van der Waals surface area contributed by atoms with Gasteiger partial charge in [0.25, 0.3) is 5.69 Å². The summed E-state index contributed by atoms with van der Waals surface area (Å²) in [6.45, 7) is 4.87. The number of rotatable bonds is 2. The maximum Gasteiger partial charge on any atom is 0.271 e. The predicted molar refractivity (Wildman–Crippen MR) is 59.0 cm³/mol. The van der Waals surface area contributed by atoms with Crippen molar-refractivity contribution < 1.29 is 4.92 Å². The highest BCUT2D eigenvalue weighted by molar-refractivity contribution is 5.83. The molecule has 0 fully saturated rings. The van der Waals surface area contributed by atoms with Crippen LogP contribution in [0.15, 0.2) is 24.3 Å². The molecule has 0 aliphatic heterocycles. The van der Waals surface area contributed by atoms with Crippen LogP contribution in [0.1, 0.15) is 12.6 Å². The van der Waals surface area contributed by atoms with Gasteiger partial charge in [0.1, 0.15) is 0 Å². The van der Waals surface area contributed by atoms with Crippen molar-refractivity contribution in [1.82, 2.24) is 4.57 Å². The molecule has 0 N–H and O–H groups in total. The second kappa shape index (κ2) is 3.38. The first-order valence-electron chi connectivity index (χ1n) is 4.87. The normalized spacial score (nSPS) is 10.8. The number of non-ortho nitro benzene ring substituents is 1. The minimum Gasteiger partial charge on any atom is -0.345 e. The lowest BCUT2D eigenvalue weighted by Gasteiger charge is -2.02. The highest BCUT2D eigenvalue weighted by Crippen LogP contribution is 2.24. The number of hydrogen-bond acceptors (Lipinski definition) is 2. The van der Waals surface area contributed by atoms with Crippen LogP contribution >= 0.6 is 0 Å². The van der Waals surface area contributed by atoms with E-state index in [2.05, 4.69) is 4.57 Å². The summed E-state index contributed by atoms with van der Waals surface area (Å²) in [5.74, 6) is 0. The van der Waals surface area contributed by atoms with Gasteiger partial charge in [-0.2, -0.15) is 0 Å². The summed E-state index contributed by atoms with van der Waals surface area (Å²) in [6.07, 6.45) is 0. The van der Waals surface area contributed by atoms with Gasteiger partial charge in [0.2, 0.25) is 0 Å². The van der Waals surface area contributed by atoms with Crippen molar-refractivity contribution in [2.45, 2.75) is 20.4 Å². The number of benzene rings is 1. The van der Waals surface area contributed by atoms with Gasteiger partial charge in [-0.3, -0.25) is 10.1 Å². The average Bonchev–Trinajstić information content (AvgIpc) is 2.51. The van der Waals surface area contributed by atoms with Gasteiger partial charge in [-0.1, -0.05) is 0 Å². The number of nitro groups is 1. The van der Waals surface area contributed by atoms with Gasteiger partial charge in [-0.25, -0.2) is 0 Å². The van der Waals surface area contributed by atoms with Gasteiger partial charge in [0, 0.05) is 29.8 Å². The van der Waals surface area contributed by atoms with Gasteiger partial charge in [0.05, 0.1) is 10.4 Å². The van der Waals surface area contributed by atoms with E-state index >= 15 is 0 Å². The standard InChI is InChI=1S/C11H12N2O2/c1-3-12-8(2)6-9-4-5-10(13(14)15)7-11(9)12/h4-7H,3H2,1-2H3. The SMILES string of the molecule is CCn1c(C)cc2ccc([N+](=O)[O-])cc21. The molecule has 4 heteroatoms. The molecule has 1 heterocycles. The van der Waals surface area contributed by atoms with E-state index in [1.54, 1.807) is 18.2 Å². The molecule has 0 bridgehead atoms. The Bertz CT molecular complexity index is 529. The lowest BCUT2D eigenvalue weighted by molar-refractivity contribution is -0.384. The number of aryl methyl sites for hydroxylation is 2. The van der Waals surface area contributed by atoms with E-state index in [9.17, 15) is 10.1 Å². The molecule has 1 aromatic heterocycles. The largest absolute Gasteiger partial charge is 0.345 e. The molecule has 78 valence electrons. The Labute approximate surface area is 87.3 Å². The third-order valence-corrected chi connectivity index (χ3v) is 2.62. The van der Waals surface area contributed by atoms with Crippen molar-refractivity contribution >= 4 is 16.6 Å². The molecule has 0 amide bonds. The van der Waals surface area contributed by atoms with Crippen LogP contribution in [-0.4, -0.2) is 9.49 Å². The van der Waals surface area contributed by atoms with Gasteiger partial charge in [0.15, 0.2) is 0 Å². The maximum atomic E-state index is 10.6. The molecule has 0 spiro atoms. The summed E-state index contributed by atoms with van der Waals surface area (Å²) in [4.78, 5) is 10.3. The summed E-state index contributed by atoms with van der Waals surface area (Å²) < 4.78 is 2.07. The van der Waals surface area contributed by atoms with Crippen molar-refractivity contribution in [3.8, 4) is 0 Å². The van der Waals surface area contributed by atoms with Gasteiger partial charge in [-0.05, 0) is 26.0 Å². The van der Waals surface area contributed by atoms with E-state index in [1.807, 2.05) is 19.9 Å². The van der Waals surface area contributed by atoms with Gasteiger partial charge < -0.3 is 4.57 Å². The number of nitrogens with zero attached hydrogens (tertiary/aromatic N) is 2. The molecular formula is C11H12N2O2. The average molecular weight is 204 g/mol. The summed E-state index contributed by atoms with van der Waals surface area (Å²) in [5, 5.41) is 11.7. The Morgan fingerprint density at radius 2 is 2.13 bits per heavy atom. The first-order chi connectivity index (χ1) is 7.13. The smallest absolute Gasteiger partial charge is 0.271 e. The van der Waals surface area contributed by atoms with Crippen molar-refractivity contribution in [2.75, 3.05) is 0 Å². The Hall–Kier alpha value is -1.84. The fourth-order valence-corrected chi connectivity index (χ4v) is 1.91. The monoisotopic (exact) mass is 204 g/mol. The second-order valence-corrected chi connectivity index (χ2v) is 3.53. The van der Waals surface area contributed by atoms with E-state index < -0.39 is 0 Å². The fraction of sp³-hybridized carbons (Fsp3) is 0.273. The number of nitro benzene ring substituents is 1. The molecule has 0 saturated carbocycles. The number of aromatic nitrogens is 1. The summed E-state index contributed by atoms with van der Waals surface area (Å²) in [7, 11) is 0. The topological polar surface area (TPSA) is 48.1 Å². The van der Waals surface area contributed by atoms with Crippen LogP contribution in [-0.2, 0) is 6.54 Å². The van der Waals surface area contributed by atoms with Crippen LogP contribution in [0.25, 0.3) is 10.9 Å². The highest BCUT2D eigenvalue weighted by atomic mass is 16.6. The van der Waals surface area contributed by atoms with E-state index in [0.717, 1.165) is 23.1 Å². The minimum absolute atomic E-state index is 0.148. The lowest BCUT2D eigenvalue weighted by atomic mass is 10.2. The molecule has 15 heavy (non-hydrogen) atoms. The summed E-state index contributed by atoms with van der Waals surface area (Å²) >= 11 is 0. The molecule has 0 aliphatic carbocycles. The van der Waals surface area contributed by atoms with Crippen molar-refractivity contribution in [3.63, 3.8) is 0 Å². The molecular weight excluding hydrogens is 192 g/mol. The van der Waals surface area contributed by atoms with E-state index in [4.69, 9.17) is 0 Å². The zero-order valence-corrected chi connectivity index (χ0v) is 8.73. The van der Waals surface area contributed by atoms with E-state index in [-0.39, 0.29) is 10.6 Å². The first kappa shape index (κ1) is 9.71. The molecule has 4 nitrogen and oxygen atoms in total. The van der Waals surface area contributed by atoms with E-state index in [1.165, 1.54) is 0 Å². The van der Waals surface area contributed by atoms with E-state index in [0.29, 0.717) is 0 Å². The Balaban J connectivity index is 2.73. The molecule has 0 unspecified atom stereocenters. The van der Waals surface area contributed by atoms with Crippen LogP contribution in [0.2, 0.25) is 0 Å². The van der Waals surface area contributed by atoms with Crippen LogP contribution in [0.4, 0.5) is 5.69 Å². The predicted octanol–water partition coefficient (Wildman–Crippen LogP) is 2.88. The van der Waals surface area contributed by atoms with Crippen LogP contribution < -0.4 is 0 Å². The van der Waals surface area contributed by atoms with Crippen molar-refractivity contribution in [3.05, 3.63) is 40.1 Å². The van der Waals surface area contributed by atoms with Crippen molar-refractivity contribution in [2.24, 2.45) is 0 Å². The molecule has 1 aromatic carbocycles. The molecule has 0 atom stereocenters. The Morgan fingerprint density at radius 3 is 2.73 bits per heavy atom. The maximum absolute atomic E-state index is 10.6. The minimum atomic E-state index is -0.359. The number of fused-ring (bicyclic) bond motifs is 1. The van der Waals surface area contributed by atoms with Gasteiger partial charge >= 0.3 is 0 Å².